The first-order valence-corrected chi connectivity index (χ1v) is 8.81. The molecule has 0 fully saturated rings. The van der Waals surface area contributed by atoms with Crippen molar-refractivity contribution >= 4 is 11.0 Å². The van der Waals surface area contributed by atoms with E-state index in [2.05, 4.69) is 6.92 Å². The molecule has 0 saturated carbocycles. The third-order valence-corrected chi connectivity index (χ3v) is 3.69. The smallest absolute Gasteiger partial charge is 0.383 e. The maximum absolute atomic E-state index is 12.1. The highest BCUT2D eigenvalue weighted by Gasteiger charge is 2.15. The molecule has 0 radical (unpaired) electrons. The normalized spacial score (nSPS) is 11.5. The first-order chi connectivity index (χ1) is 12.0. The van der Waals surface area contributed by atoms with E-state index in [9.17, 15) is 9.90 Å². The van der Waals surface area contributed by atoms with Gasteiger partial charge in [0.15, 0.2) is 5.75 Å². The van der Waals surface area contributed by atoms with E-state index < -0.39 is 5.63 Å². The summed E-state index contributed by atoms with van der Waals surface area (Å²) in [5.41, 5.74) is -0.459. The Morgan fingerprint density at radius 2 is 2.04 bits per heavy atom. The van der Waals surface area contributed by atoms with Crippen LogP contribution in [0.1, 0.15) is 52.9 Å². The standard InChI is InChI=1S/C20H26O5/c1-4-5-6-7-8-9-12-23-19-18(21)16-11-10-15(24-14(2)3)13-17(16)25-20(19)22/h9-14,21H,4-8H2,1-3H3. The molecule has 0 saturated heterocycles. The second-order valence-electron chi connectivity index (χ2n) is 6.23. The molecule has 0 aliphatic carbocycles. The van der Waals surface area contributed by atoms with Crippen LogP contribution in [0.4, 0.5) is 0 Å². The molecular formula is C20H26O5. The summed E-state index contributed by atoms with van der Waals surface area (Å²) in [6.07, 6.45) is 8.80. The van der Waals surface area contributed by atoms with Crippen molar-refractivity contribution in [2.75, 3.05) is 0 Å². The Kier molecular flexibility index (Phi) is 6.92. The van der Waals surface area contributed by atoms with Crippen LogP contribution in [0.15, 0.2) is 39.7 Å². The van der Waals surface area contributed by atoms with E-state index in [0.29, 0.717) is 11.1 Å². The van der Waals surface area contributed by atoms with Crippen molar-refractivity contribution in [1.29, 1.82) is 0 Å². The highest BCUT2D eigenvalue weighted by Crippen LogP contribution is 2.33. The number of allylic oxidation sites excluding steroid dienone is 1. The number of hydrogen-bond acceptors (Lipinski definition) is 5. The first-order valence-electron chi connectivity index (χ1n) is 8.81. The van der Waals surface area contributed by atoms with Crippen LogP contribution < -0.4 is 15.1 Å². The van der Waals surface area contributed by atoms with Crippen molar-refractivity contribution in [2.45, 2.75) is 59.0 Å². The zero-order valence-corrected chi connectivity index (χ0v) is 15.1. The monoisotopic (exact) mass is 346 g/mol. The molecule has 0 aliphatic rings. The Bertz CT molecular complexity index is 773. The van der Waals surface area contributed by atoms with E-state index >= 15 is 0 Å². The SMILES string of the molecule is CCCCCCC=COc1c(O)c2ccc(OC(C)C)cc2oc1=O. The fourth-order valence-corrected chi connectivity index (χ4v) is 2.47. The molecule has 5 nitrogen and oxygen atoms in total. The van der Waals surface area contributed by atoms with Crippen molar-refractivity contribution in [1.82, 2.24) is 0 Å². The second-order valence-corrected chi connectivity index (χ2v) is 6.23. The number of hydrogen-bond donors (Lipinski definition) is 1. The number of fused-ring (bicyclic) bond motifs is 1. The van der Waals surface area contributed by atoms with Gasteiger partial charge in [-0.1, -0.05) is 26.2 Å². The fraction of sp³-hybridized carbons (Fsp3) is 0.450. The predicted octanol–water partition coefficient (Wildman–Crippen LogP) is 5.15. The number of aromatic hydroxyl groups is 1. The molecule has 0 bridgehead atoms. The Morgan fingerprint density at radius 1 is 1.24 bits per heavy atom. The van der Waals surface area contributed by atoms with Gasteiger partial charge >= 0.3 is 5.63 Å². The van der Waals surface area contributed by atoms with Crippen LogP contribution in [0.25, 0.3) is 11.0 Å². The Hall–Kier alpha value is -2.43. The van der Waals surface area contributed by atoms with Gasteiger partial charge in [-0.05, 0) is 44.9 Å². The van der Waals surface area contributed by atoms with Crippen LogP contribution in [0.2, 0.25) is 0 Å². The van der Waals surface area contributed by atoms with Crippen molar-refractivity contribution in [2.24, 2.45) is 0 Å². The molecular weight excluding hydrogens is 320 g/mol. The summed E-state index contributed by atoms with van der Waals surface area (Å²) in [5, 5.41) is 10.7. The molecule has 1 aromatic carbocycles. The number of unbranched alkanes of at least 4 members (excludes halogenated alkanes) is 4. The molecule has 1 aromatic heterocycles. The van der Waals surface area contributed by atoms with Crippen LogP contribution >= 0.6 is 0 Å². The van der Waals surface area contributed by atoms with Crippen molar-refractivity contribution in [3.63, 3.8) is 0 Å². The molecule has 136 valence electrons. The zero-order valence-electron chi connectivity index (χ0n) is 15.1. The van der Waals surface area contributed by atoms with E-state index in [1.165, 1.54) is 25.5 Å². The average Bonchev–Trinajstić information content (AvgIpc) is 2.55. The van der Waals surface area contributed by atoms with Crippen molar-refractivity contribution in [3.8, 4) is 17.2 Å². The van der Waals surface area contributed by atoms with Crippen LogP contribution in [-0.4, -0.2) is 11.2 Å². The fourth-order valence-electron chi connectivity index (χ4n) is 2.47. The van der Waals surface area contributed by atoms with Crippen LogP contribution in [0, 0.1) is 0 Å². The third kappa shape index (κ3) is 5.28. The summed E-state index contributed by atoms with van der Waals surface area (Å²) in [6.45, 7) is 5.98. The molecule has 0 unspecified atom stereocenters. The molecule has 0 amide bonds. The van der Waals surface area contributed by atoms with Crippen LogP contribution in [0.3, 0.4) is 0 Å². The van der Waals surface area contributed by atoms with E-state index in [1.54, 1.807) is 18.2 Å². The first kappa shape index (κ1) is 18.9. The minimum absolute atomic E-state index is 0.00263. The van der Waals surface area contributed by atoms with E-state index in [0.717, 1.165) is 12.8 Å². The summed E-state index contributed by atoms with van der Waals surface area (Å²) in [5.74, 6) is 0.151. The molecule has 2 aromatic rings. The summed E-state index contributed by atoms with van der Waals surface area (Å²) < 4.78 is 16.1. The van der Waals surface area contributed by atoms with E-state index in [4.69, 9.17) is 13.9 Å². The van der Waals surface area contributed by atoms with Gasteiger partial charge in [0, 0.05) is 6.07 Å². The maximum atomic E-state index is 12.1. The lowest BCUT2D eigenvalue weighted by molar-refractivity contribution is 0.242. The summed E-state index contributed by atoms with van der Waals surface area (Å²) >= 11 is 0. The summed E-state index contributed by atoms with van der Waals surface area (Å²) in [6, 6.07) is 4.95. The number of benzene rings is 1. The lowest BCUT2D eigenvalue weighted by Crippen LogP contribution is -2.06. The zero-order chi connectivity index (χ0) is 18.2. The molecule has 1 heterocycles. The van der Waals surface area contributed by atoms with Gasteiger partial charge in [-0.25, -0.2) is 4.79 Å². The average molecular weight is 346 g/mol. The molecule has 25 heavy (non-hydrogen) atoms. The lowest BCUT2D eigenvalue weighted by atomic mass is 10.1. The highest BCUT2D eigenvalue weighted by atomic mass is 16.5. The van der Waals surface area contributed by atoms with E-state index in [1.807, 2.05) is 19.9 Å². The third-order valence-electron chi connectivity index (χ3n) is 3.69. The lowest BCUT2D eigenvalue weighted by Gasteiger charge is -2.10. The summed E-state index contributed by atoms with van der Waals surface area (Å²) in [4.78, 5) is 12.1. The van der Waals surface area contributed by atoms with Gasteiger partial charge < -0.3 is 19.0 Å². The summed E-state index contributed by atoms with van der Waals surface area (Å²) in [7, 11) is 0. The van der Waals surface area contributed by atoms with E-state index in [-0.39, 0.29) is 23.2 Å². The minimum atomic E-state index is -0.720. The Labute approximate surface area is 147 Å². The second kappa shape index (κ2) is 9.16. The molecule has 1 N–H and O–H groups in total. The number of rotatable bonds is 9. The van der Waals surface area contributed by atoms with Crippen LogP contribution in [0.5, 0.6) is 17.2 Å². The molecule has 0 aliphatic heterocycles. The van der Waals surface area contributed by atoms with Gasteiger partial charge in [0.1, 0.15) is 11.3 Å². The van der Waals surface area contributed by atoms with Gasteiger partial charge in [0.05, 0.1) is 17.8 Å². The number of ether oxygens (including phenoxy) is 2. The van der Waals surface area contributed by atoms with Gasteiger partial charge in [-0.3, -0.25) is 0 Å². The van der Waals surface area contributed by atoms with Gasteiger partial charge in [0.2, 0.25) is 0 Å². The van der Waals surface area contributed by atoms with Gasteiger partial charge in [0.25, 0.3) is 5.75 Å². The van der Waals surface area contributed by atoms with Crippen molar-refractivity contribution < 1.29 is 19.0 Å². The topological polar surface area (TPSA) is 68.9 Å². The largest absolute Gasteiger partial charge is 0.504 e. The van der Waals surface area contributed by atoms with Crippen LogP contribution in [-0.2, 0) is 0 Å². The molecule has 0 spiro atoms. The van der Waals surface area contributed by atoms with Gasteiger partial charge in [-0.2, -0.15) is 0 Å². The Balaban J connectivity index is 2.13. The molecule has 5 heteroatoms. The molecule has 0 atom stereocenters. The highest BCUT2D eigenvalue weighted by molar-refractivity contribution is 5.86. The Morgan fingerprint density at radius 3 is 2.76 bits per heavy atom. The van der Waals surface area contributed by atoms with Crippen molar-refractivity contribution in [3.05, 3.63) is 41.0 Å². The van der Waals surface area contributed by atoms with Gasteiger partial charge in [-0.15, -0.1) is 0 Å². The maximum Gasteiger partial charge on any atom is 0.383 e. The predicted molar refractivity (Wildman–Crippen MR) is 98.4 cm³/mol. The quantitative estimate of drug-likeness (QED) is 0.386. The minimum Gasteiger partial charge on any atom is -0.504 e. The molecule has 2 rings (SSSR count).